The Morgan fingerprint density at radius 2 is 1.02 bits per heavy atom. The van der Waals surface area contributed by atoms with Crippen LogP contribution in [0, 0.1) is 0 Å². The summed E-state index contributed by atoms with van der Waals surface area (Å²) >= 11 is 0. The summed E-state index contributed by atoms with van der Waals surface area (Å²) in [5, 5.41) is 0. The van der Waals surface area contributed by atoms with Crippen LogP contribution >= 0.6 is 7.82 Å². The lowest BCUT2D eigenvalue weighted by Crippen LogP contribution is -2.29. The van der Waals surface area contributed by atoms with Gasteiger partial charge in [0.15, 0.2) is 6.10 Å². The SMILES string of the molecule is CCC=CCC=CCC=CCC=CCCCCC(=O)OC[C@H](COP(=O)(O)OCCN)OC(=O)CCC=CCC=CCC=CCC=CCC=CCCCCC. The molecule has 0 radical (unpaired) electrons. The fraction of sp³-hybridized carbons (Fsp3) is 0.556. The maximum Gasteiger partial charge on any atom is 0.472 e. The van der Waals surface area contributed by atoms with Crippen molar-refractivity contribution in [2.45, 2.75) is 136 Å². The van der Waals surface area contributed by atoms with E-state index in [9.17, 15) is 19.0 Å². The summed E-state index contributed by atoms with van der Waals surface area (Å²) < 4.78 is 32.6. The van der Waals surface area contributed by atoms with Gasteiger partial charge >= 0.3 is 19.8 Å². The fourth-order valence-electron chi connectivity index (χ4n) is 4.66. The molecule has 2 atom stereocenters. The summed E-state index contributed by atoms with van der Waals surface area (Å²) in [6.45, 7) is 3.41. The topological polar surface area (TPSA) is 134 Å². The van der Waals surface area contributed by atoms with Gasteiger partial charge in [-0.25, -0.2) is 4.57 Å². The number of nitrogens with two attached hydrogens (primary N) is 1. The summed E-state index contributed by atoms with van der Waals surface area (Å²) in [7, 11) is -4.41. The van der Waals surface area contributed by atoms with E-state index in [4.69, 9.17) is 24.3 Å². The van der Waals surface area contributed by atoms with Crippen LogP contribution in [-0.2, 0) is 32.7 Å². The van der Waals surface area contributed by atoms with Gasteiger partial charge < -0.3 is 20.1 Å². The Morgan fingerprint density at radius 1 is 0.564 bits per heavy atom. The zero-order valence-electron chi connectivity index (χ0n) is 33.9. The van der Waals surface area contributed by atoms with Gasteiger partial charge in [0.25, 0.3) is 0 Å². The molecule has 55 heavy (non-hydrogen) atoms. The lowest BCUT2D eigenvalue weighted by Gasteiger charge is -2.19. The third-order valence-corrected chi connectivity index (χ3v) is 8.64. The summed E-state index contributed by atoms with van der Waals surface area (Å²) in [5.41, 5.74) is 5.33. The molecule has 3 N–H and O–H groups in total. The minimum atomic E-state index is -4.41. The largest absolute Gasteiger partial charge is 0.472 e. The van der Waals surface area contributed by atoms with Crippen molar-refractivity contribution in [1.29, 1.82) is 0 Å². The molecule has 310 valence electrons. The van der Waals surface area contributed by atoms with Crippen LogP contribution in [0.25, 0.3) is 0 Å². The summed E-state index contributed by atoms with van der Waals surface area (Å²) in [6, 6.07) is 0. The van der Waals surface area contributed by atoms with Crippen molar-refractivity contribution in [1.82, 2.24) is 0 Å². The lowest BCUT2D eigenvalue weighted by atomic mass is 10.2. The molecule has 0 fully saturated rings. The van der Waals surface area contributed by atoms with Gasteiger partial charge in [-0.2, -0.15) is 0 Å². The second-order valence-corrected chi connectivity index (χ2v) is 14.2. The Morgan fingerprint density at radius 3 is 1.49 bits per heavy atom. The molecule has 0 saturated carbocycles. The van der Waals surface area contributed by atoms with Gasteiger partial charge in [-0.3, -0.25) is 18.6 Å². The van der Waals surface area contributed by atoms with Crippen LogP contribution in [-0.4, -0.2) is 49.3 Å². The van der Waals surface area contributed by atoms with Gasteiger partial charge in [0.1, 0.15) is 6.61 Å². The number of hydrogen-bond donors (Lipinski definition) is 2. The maximum absolute atomic E-state index is 12.5. The molecule has 0 spiro atoms. The average Bonchev–Trinajstić information content (AvgIpc) is 3.17. The van der Waals surface area contributed by atoms with E-state index in [2.05, 4.69) is 111 Å². The Hall–Kier alpha value is -3.33. The molecule has 0 aliphatic rings. The Balaban J connectivity index is 4.42. The third-order valence-electron chi connectivity index (χ3n) is 7.66. The minimum Gasteiger partial charge on any atom is -0.462 e. The lowest BCUT2D eigenvalue weighted by molar-refractivity contribution is -0.161. The maximum atomic E-state index is 12.5. The average molecular weight is 786 g/mol. The molecule has 0 aromatic rings. The van der Waals surface area contributed by atoms with Crippen molar-refractivity contribution in [3.8, 4) is 0 Å². The summed E-state index contributed by atoms with van der Waals surface area (Å²) in [6.07, 6.45) is 52.8. The smallest absolute Gasteiger partial charge is 0.462 e. The molecule has 0 aliphatic heterocycles. The van der Waals surface area contributed by atoms with Crippen LogP contribution in [0.2, 0.25) is 0 Å². The van der Waals surface area contributed by atoms with Crippen molar-refractivity contribution < 1.29 is 37.6 Å². The van der Waals surface area contributed by atoms with Gasteiger partial charge in [0, 0.05) is 19.4 Å². The zero-order chi connectivity index (χ0) is 40.3. The van der Waals surface area contributed by atoms with Crippen molar-refractivity contribution in [2.24, 2.45) is 5.73 Å². The van der Waals surface area contributed by atoms with E-state index in [0.29, 0.717) is 12.8 Å². The molecule has 10 heteroatoms. The van der Waals surface area contributed by atoms with E-state index >= 15 is 0 Å². The van der Waals surface area contributed by atoms with Crippen LogP contribution in [0.1, 0.15) is 129 Å². The van der Waals surface area contributed by atoms with E-state index in [1.54, 1.807) is 0 Å². The molecule has 0 rings (SSSR count). The van der Waals surface area contributed by atoms with Crippen LogP contribution in [0.4, 0.5) is 0 Å². The molecule has 0 aromatic heterocycles. The molecule has 0 saturated heterocycles. The van der Waals surface area contributed by atoms with E-state index in [-0.39, 0.29) is 32.6 Å². The molecule has 0 aromatic carbocycles. The minimum absolute atomic E-state index is 0.0299. The van der Waals surface area contributed by atoms with E-state index in [1.807, 2.05) is 12.2 Å². The number of allylic oxidation sites excluding steroid dienone is 18. The van der Waals surface area contributed by atoms with E-state index in [0.717, 1.165) is 64.2 Å². The monoisotopic (exact) mass is 785 g/mol. The highest BCUT2D eigenvalue weighted by Crippen LogP contribution is 2.43. The zero-order valence-corrected chi connectivity index (χ0v) is 34.7. The molecular weight excluding hydrogens is 713 g/mol. The van der Waals surface area contributed by atoms with Crippen LogP contribution in [0.3, 0.4) is 0 Å². The number of unbranched alkanes of at least 4 members (excludes halogenated alkanes) is 5. The fourth-order valence-corrected chi connectivity index (χ4v) is 5.43. The first kappa shape index (κ1) is 51.7. The summed E-state index contributed by atoms with van der Waals surface area (Å²) in [4.78, 5) is 34.8. The number of carbonyl (C=O) groups excluding carboxylic acids is 2. The predicted molar refractivity (Wildman–Crippen MR) is 228 cm³/mol. The van der Waals surface area contributed by atoms with Crippen LogP contribution < -0.4 is 5.73 Å². The van der Waals surface area contributed by atoms with E-state index < -0.39 is 32.5 Å². The highest BCUT2D eigenvalue weighted by Gasteiger charge is 2.25. The molecule has 9 nitrogen and oxygen atoms in total. The third kappa shape index (κ3) is 40.2. The Bertz CT molecular complexity index is 1260. The number of hydrogen-bond acceptors (Lipinski definition) is 8. The normalized spacial score (nSPS) is 14.5. The number of carbonyl (C=O) groups is 2. The van der Waals surface area contributed by atoms with Crippen molar-refractivity contribution in [2.75, 3.05) is 26.4 Å². The van der Waals surface area contributed by atoms with Gasteiger partial charge in [0.2, 0.25) is 0 Å². The second-order valence-electron chi connectivity index (χ2n) is 12.8. The second kappa shape index (κ2) is 40.3. The number of phosphoric acid groups is 1. The number of phosphoric ester groups is 1. The number of esters is 2. The Kier molecular flexibility index (Phi) is 37.9. The first-order valence-electron chi connectivity index (χ1n) is 20.4. The molecule has 0 aliphatic carbocycles. The summed E-state index contributed by atoms with van der Waals surface area (Å²) in [5.74, 6) is -0.988. The standard InChI is InChI=1S/C45H72NO8P/c1-3-5-7-9-11-13-15-17-19-20-21-22-24-26-28-30-32-34-36-38-45(48)54-43(42-53-55(49,50)52-40-39-46)41-51-44(47)37-35-33-31-29-27-25-23-18-16-14-12-10-8-6-4-2/h6,8,11-14,17-19,21-23,26-29,32,34,43H,3-5,7,9-10,15-16,20,24-25,30-31,33,35-42,46H2,1-2H3,(H,49,50)/t43-/m1/s1. The number of ether oxygens (including phenoxy) is 2. The first-order chi connectivity index (χ1) is 26.8. The van der Waals surface area contributed by atoms with Crippen molar-refractivity contribution in [3.05, 3.63) is 109 Å². The van der Waals surface area contributed by atoms with Crippen LogP contribution in [0.5, 0.6) is 0 Å². The van der Waals surface area contributed by atoms with Gasteiger partial charge in [0.05, 0.1) is 13.2 Å². The molecule has 0 bridgehead atoms. The van der Waals surface area contributed by atoms with Crippen molar-refractivity contribution in [3.63, 3.8) is 0 Å². The number of rotatable bonds is 36. The highest BCUT2D eigenvalue weighted by atomic mass is 31.2. The highest BCUT2D eigenvalue weighted by molar-refractivity contribution is 7.47. The predicted octanol–water partition coefficient (Wildman–Crippen LogP) is 11.6. The van der Waals surface area contributed by atoms with Gasteiger partial charge in [-0.15, -0.1) is 0 Å². The molecule has 1 unspecified atom stereocenters. The van der Waals surface area contributed by atoms with E-state index in [1.165, 1.54) is 25.7 Å². The quantitative estimate of drug-likeness (QED) is 0.0275. The van der Waals surface area contributed by atoms with Crippen molar-refractivity contribution >= 4 is 19.8 Å². The first-order valence-corrected chi connectivity index (χ1v) is 21.9. The van der Waals surface area contributed by atoms with Gasteiger partial charge in [-0.05, 0) is 89.9 Å². The van der Waals surface area contributed by atoms with Crippen LogP contribution in [0.15, 0.2) is 109 Å². The molecule has 0 heterocycles. The van der Waals surface area contributed by atoms with Gasteiger partial charge in [-0.1, -0.05) is 136 Å². The molecule has 0 amide bonds. The molecular formula is C45H72NO8P. The Labute approximate surface area is 333 Å².